The number of rotatable bonds is 6. The van der Waals surface area contributed by atoms with Crippen molar-refractivity contribution in [2.75, 3.05) is 11.6 Å². The zero-order valence-corrected chi connectivity index (χ0v) is 16.2. The predicted molar refractivity (Wildman–Crippen MR) is 105 cm³/mol. The summed E-state index contributed by atoms with van der Waals surface area (Å²) in [6.45, 7) is 2.35. The van der Waals surface area contributed by atoms with Crippen molar-refractivity contribution in [3.63, 3.8) is 0 Å². The van der Waals surface area contributed by atoms with Crippen LogP contribution in [0.2, 0.25) is 0 Å². The Morgan fingerprint density at radius 2 is 2.04 bits per heavy atom. The Balaban J connectivity index is 0.00000225. The van der Waals surface area contributed by atoms with E-state index in [1.54, 1.807) is 18.5 Å². The minimum atomic E-state index is -1.12. The Labute approximate surface area is 159 Å². The number of thiazole rings is 1. The summed E-state index contributed by atoms with van der Waals surface area (Å²) in [6.07, 6.45) is 3.21. The van der Waals surface area contributed by atoms with Gasteiger partial charge in [-0.15, -0.1) is 23.7 Å². The number of benzene rings is 1. The quantitative estimate of drug-likeness (QED) is 0.673. The fraction of sp³-hybridized carbons (Fsp3) is 0.176. The Kier molecular flexibility index (Phi) is 6.92. The number of pyridine rings is 1. The number of aryl methyl sites for hydroxylation is 1. The summed E-state index contributed by atoms with van der Waals surface area (Å²) in [5.74, 6) is 1.12. The van der Waals surface area contributed by atoms with Crippen molar-refractivity contribution in [3.8, 4) is 5.75 Å². The molecular formula is C17H18ClN3O2S2. The molecule has 0 radical (unpaired) electrons. The fourth-order valence-electron chi connectivity index (χ4n) is 2.04. The van der Waals surface area contributed by atoms with Crippen molar-refractivity contribution in [1.82, 2.24) is 9.97 Å². The SMILES string of the molecule is Cc1csc(Nc2ncc(S(C)=O)cc2OCc2ccccc2)n1.Cl. The second kappa shape index (κ2) is 8.94. The zero-order chi connectivity index (χ0) is 16.9. The van der Waals surface area contributed by atoms with Gasteiger partial charge in [-0.2, -0.15) is 0 Å². The van der Waals surface area contributed by atoms with E-state index >= 15 is 0 Å². The minimum Gasteiger partial charge on any atom is -0.485 e. The number of anilines is 2. The van der Waals surface area contributed by atoms with Gasteiger partial charge < -0.3 is 10.1 Å². The molecule has 1 unspecified atom stereocenters. The number of aromatic nitrogens is 2. The van der Waals surface area contributed by atoms with Crippen molar-refractivity contribution < 1.29 is 8.95 Å². The molecule has 1 aromatic carbocycles. The Morgan fingerprint density at radius 1 is 1.28 bits per heavy atom. The summed E-state index contributed by atoms with van der Waals surface area (Å²) >= 11 is 1.50. The second-order valence-corrected chi connectivity index (χ2v) is 7.40. The number of hydrogen-bond acceptors (Lipinski definition) is 6. The molecule has 0 aliphatic heterocycles. The van der Waals surface area contributed by atoms with Gasteiger partial charge in [0.25, 0.3) is 0 Å². The van der Waals surface area contributed by atoms with Crippen molar-refractivity contribution in [3.05, 3.63) is 59.2 Å². The molecule has 0 aliphatic rings. The van der Waals surface area contributed by atoms with Crippen molar-refractivity contribution in [2.24, 2.45) is 0 Å². The van der Waals surface area contributed by atoms with E-state index in [1.807, 2.05) is 42.6 Å². The molecule has 132 valence electrons. The maximum Gasteiger partial charge on any atom is 0.188 e. The van der Waals surface area contributed by atoms with Gasteiger partial charge >= 0.3 is 0 Å². The van der Waals surface area contributed by atoms with Gasteiger partial charge in [-0.3, -0.25) is 4.21 Å². The first-order valence-electron chi connectivity index (χ1n) is 7.31. The Hall–Kier alpha value is -1.96. The highest BCUT2D eigenvalue weighted by Crippen LogP contribution is 2.29. The second-order valence-electron chi connectivity index (χ2n) is 5.17. The fourth-order valence-corrected chi connectivity index (χ4v) is 3.20. The first-order chi connectivity index (χ1) is 11.6. The van der Waals surface area contributed by atoms with Gasteiger partial charge in [0.05, 0.1) is 21.4 Å². The molecule has 0 saturated carbocycles. The van der Waals surface area contributed by atoms with E-state index in [2.05, 4.69) is 15.3 Å². The number of nitrogens with zero attached hydrogens (tertiary/aromatic N) is 2. The number of ether oxygens (including phenoxy) is 1. The summed E-state index contributed by atoms with van der Waals surface area (Å²) in [7, 11) is -1.12. The molecule has 1 N–H and O–H groups in total. The van der Waals surface area contributed by atoms with Gasteiger partial charge in [0.2, 0.25) is 0 Å². The standard InChI is InChI=1S/C17H17N3O2S2.ClH/c1-12-11-23-17(19-12)20-16-15(8-14(9-18-16)24(2)21)22-10-13-6-4-3-5-7-13;/h3-9,11H,10H2,1-2H3,(H,18,19,20);1H. The molecule has 25 heavy (non-hydrogen) atoms. The number of halogens is 1. The Bertz CT molecular complexity index is 856. The molecule has 0 fully saturated rings. The van der Waals surface area contributed by atoms with Crippen LogP contribution in [0.4, 0.5) is 10.9 Å². The topological polar surface area (TPSA) is 64.1 Å². The van der Waals surface area contributed by atoms with Crippen molar-refractivity contribution in [1.29, 1.82) is 0 Å². The molecule has 2 aromatic heterocycles. The summed E-state index contributed by atoms with van der Waals surface area (Å²) in [4.78, 5) is 9.35. The van der Waals surface area contributed by atoms with Crippen molar-refractivity contribution >= 4 is 45.5 Å². The van der Waals surface area contributed by atoms with Crippen LogP contribution < -0.4 is 10.1 Å². The summed E-state index contributed by atoms with van der Waals surface area (Å²) in [6, 6.07) is 11.6. The number of hydrogen-bond donors (Lipinski definition) is 1. The van der Waals surface area contributed by atoms with E-state index in [4.69, 9.17) is 4.74 Å². The lowest BCUT2D eigenvalue weighted by Gasteiger charge is -2.12. The third-order valence-corrected chi connectivity index (χ3v) is 5.00. The molecule has 1 atom stereocenters. The average Bonchev–Trinajstić information content (AvgIpc) is 2.99. The molecule has 0 saturated heterocycles. The van der Waals surface area contributed by atoms with E-state index in [9.17, 15) is 4.21 Å². The van der Waals surface area contributed by atoms with Gasteiger partial charge in [0.1, 0.15) is 6.61 Å². The third kappa shape index (κ3) is 5.26. The predicted octanol–water partition coefficient (Wildman–Crippen LogP) is 4.33. The maximum atomic E-state index is 11.7. The van der Waals surface area contributed by atoms with Gasteiger partial charge in [-0.05, 0) is 12.5 Å². The van der Waals surface area contributed by atoms with Crippen molar-refractivity contribution in [2.45, 2.75) is 18.4 Å². The van der Waals surface area contributed by atoms with E-state index in [0.29, 0.717) is 23.1 Å². The molecule has 0 bridgehead atoms. The smallest absolute Gasteiger partial charge is 0.188 e. The maximum absolute atomic E-state index is 11.7. The van der Waals surface area contributed by atoms with Crippen LogP contribution in [0, 0.1) is 6.92 Å². The summed E-state index contributed by atoms with van der Waals surface area (Å²) in [5.41, 5.74) is 2.00. The lowest BCUT2D eigenvalue weighted by molar-refractivity contribution is 0.306. The molecule has 3 rings (SSSR count). The van der Waals surface area contributed by atoms with Crippen LogP contribution in [0.5, 0.6) is 5.75 Å². The van der Waals surface area contributed by atoms with Gasteiger partial charge in [-0.25, -0.2) is 9.97 Å². The number of nitrogens with one attached hydrogen (secondary N) is 1. The van der Waals surface area contributed by atoms with E-state index in [1.165, 1.54) is 11.3 Å². The highest BCUT2D eigenvalue weighted by atomic mass is 35.5. The van der Waals surface area contributed by atoms with Crippen LogP contribution in [0.25, 0.3) is 0 Å². The summed E-state index contributed by atoms with van der Waals surface area (Å²) < 4.78 is 17.6. The van der Waals surface area contributed by atoms with E-state index < -0.39 is 10.8 Å². The molecule has 0 aliphatic carbocycles. The van der Waals surface area contributed by atoms with Gasteiger partial charge in [0, 0.05) is 23.9 Å². The highest BCUT2D eigenvalue weighted by molar-refractivity contribution is 7.84. The lowest BCUT2D eigenvalue weighted by atomic mass is 10.2. The van der Waals surface area contributed by atoms with Crippen LogP contribution in [0.1, 0.15) is 11.3 Å². The van der Waals surface area contributed by atoms with Crippen LogP contribution in [-0.2, 0) is 17.4 Å². The van der Waals surface area contributed by atoms with E-state index in [0.717, 1.165) is 16.4 Å². The molecule has 3 aromatic rings. The Morgan fingerprint density at radius 3 is 2.68 bits per heavy atom. The molecule has 0 amide bonds. The highest BCUT2D eigenvalue weighted by Gasteiger charge is 2.11. The van der Waals surface area contributed by atoms with Crippen LogP contribution in [0.15, 0.2) is 52.9 Å². The van der Waals surface area contributed by atoms with E-state index in [-0.39, 0.29) is 12.4 Å². The molecular weight excluding hydrogens is 378 g/mol. The zero-order valence-electron chi connectivity index (χ0n) is 13.8. The molecule has 8 heteroatoms. The van der Waals surface area contributed by atoms with Gasteiger partial charge in [0.15, 0.2) is 16.7 Å². The monoisotopic (exact) mass is 395 g/mol. The largest absolute Gasteiger partial charge is 0.485 e. The van der Waals surface area contributed by atoms with Gasteiger partial charge in [-0.1, -0.05) is 30.3 Å². The summed E-state index contributed by atoms with van der Waals surface area (Å²) in [5, 5.41) is 5.87. The molecule has 5 nitrogen and oxygen atoms in total. The normalized spacial score (nSPS) is 11.4. The average molecular weight is 396 g/mol. The molecule has 0 spiro atoms. The first kappa shape index (κ1) is 19.4. The lowest BCUT2D eigenvalue weighted by Crippen LogP contribution is -2.02. The van der Waals surface area contributed by atoms with Crippen LogP contribution in [-0.4, -0.2) is 20.4 Å². The third-order valence-electron chi connectivity index (χ3n) is 3.24. The van der Waals surface area contributed by atoms with Crippen LogP contribution >= 0.6 is 23.7 Å². The first-order valence-corrected chi connectivity index (χ1v) is 9.75. The minimum absolute atomic E-state index is 0. The molecule has 2 heterocycles. The van der Waals surface area contributed by atoms with Crippen LogP contribution in [0.3, 0.4) is 0 Å².